The summed E-state index contributed by atoms with van der Waals surface area (Å²) in [6.07, 6.45) is 0. The number of carbonyl (C=O) groups is 1. The Balaban J connectivity index is 1.78. The first kappa shape index (κ1) is 14.4. The summed E-state index contributed by atoms with van der Waals surface area (Å²) in [4.78, 5) is 14.3. The monoisotopic (exact) mass is 322 g/mol. The third-order valence-electron chi connectivity index (χ3n) is 3.43. The van der Waals surface area contributed by atoms with Crippen LogP contribution in [0.25, 0.3) is 0 Å². The van der Waals surface area contributed by atoms with E-state index in [0.717, 1.165) is 5.56 Å². The molecule has 4 nitrogen and oxygen atoms in total. The van der Waals surface area contributed by atoms with E-state index in [1.807, 2.05) is 41.8 Å². The van der Waals surface area contributed by atoms with Crippen LogP contribution in [-0.2, 0) is 4.74 Å². The van der Waals surface area contributed by atoms with E-state index in [2.05, 4.69) is 5.32 Å². The van der Waals surface area contributed by atoms with Gasteiger partial charge in [0, 0.05) is 6.54 Å². The van der Waals surface area contributed by atoms with Crippen LogP contribution in [0.4, 0.5) is 10.5 Å². The highest BCUT2D eigenvalue weighted by molar-refractivity contribution is 7.15. The Kier molecular flexibility index (Phi) is 4.43. The fourth-order valence-corrected chi connectivity index (χ4v) is 3.20. The molecule has 1 N–H and O–H groups in total. The molecule has 2 heterocycles. The number of halogens is 1. The number of nitrogens with zero attached hydrogens (tertiary/aromatic N) is 1. The van der Waals surface area contributed by atoms with E-state index in [9.17, 15) is 4.79 Å². The second kappa shape index (κ2) is 6.47. The van der Waals surface area contributed by atoms with Gasteiger partial charge in [-0.2, -0.15) is 0 Å². The molecular formula is C15H15ClN2O2S. The summed E-state index contributed by atoms with van der Waals surface area (Å²) >= 11 is 7.43. The van der Waals surface area contributed by atoms with Crippen molar-refractivity contribution in [3.05, 3.63) is 51.7 Å². The number of benzene rings is 1. The molecule has 1 aliphatic rings. The molecule has 1 aliphatic heterocycles. The van der Waals surface area contributed by atoms with Crippen molar-refractivity contribution in [3.8, 4) is 0 Å². The van der Waals surface area contributed by atoms with Gasteiger partial charge in [-0.15, -0.1) is 11.3 Å². The third kappa shape index (κ3) is 3.20. The number of morpholine rings is 1. The van der Waals surface area contributed by atoms with Crippen LogP contribution in [0.2, 0.25) is 4.34 Å². The molecule has 0 unspecified atom stereocenters. The van der Waals surface area contributed by atoms with Gasteiger partial charge < -0.3 is 15.0 Å². The molecule has 1 saturated heterocycles. The lowest BCUT2D eigenvalue weighted by atomic mass is 10.1. The van der Waals surface area contributed by atoms with Gasteiger partial charge in [0.2, 0.25) is 0 Å². The predicted molar refractivity (Wildman–Crippen MR) is 85.1 cm³/mol. The normalized spacial score (nSPS) is 18.5. The number of hydrogen-bond acceptors (Lipinski definition) is 3. The van der Waals surface area contributed by atoms with Gasteiger partial charge in [0.1, 0.15) is 4.34 Å². The zero-order chi connectivity index (χ0) is 14.7. The smallest absolute Gasteiger partial charge is 0.322 e. The van der Waals surface area contributed by atoms with E-state index < -0.39 is 0 Å². The van der Waals surface area contributed by atoms with Crippen molar-refractivity contribution < 1.29 is 9.53 Å². The maximum Gasteiger partial charge on any atom is 0.322 e. The standard InChI is InChI=1S/C15H15ClN2O2S/c16-14-12(6-9-21-14)17-15(19)18-7-8-20-10-13(18)11-4-2-1-3-5-11/h1-6,9,13H,7-8,10H2,(H,17,19)/t13-/m1/s1. The number of hydrogen-bond donors (Lipinski definition) is 1. The molecule has 21 heavy (non-hydrogen) atoms. The lowest BCUT2D eigenvalue weighted by Crippen LogP contribution is -2.45. The first-order chi connectivity index (χ1) is 10.3. The summed E-state index contributed by atoms with van der Waals surface area (Å²) < 4.78 is 6.12. The Labute approximate surface area is 132 Å². The topological polar surface area (TPSA) is 41.6 Å². The summed E-state index contributed by atoms with van der Waals surface area (Å²) in [5.41, 5.74) is 1.73. The average Bonchev–Trinajstić information content (AvgIpc) is 2.93. The Hall–Kier alpha value is -1.56. The minimum absolute atomic E-state index is 0.0719. The Morgan fingerprint density at radius 1 is 1.33 bits per heavy atom. The fourth-order valence-electron chi connectivity index (χ4n) is 2.37. The van der Waals surface area contributed by atoms with Crippen LogP contribution >= 0.6 is 22.9 Å². The number of urea groups is 1. The molecule has 1 aromatic carbocycles. The van der Waals surface area contributed by atoms with Gasteiger partial charge in [0.15, 0.2) is 0 Å². The van der Waals surface area contributed by atoms with Crippen LogP contribution < -0.4 is 5.32 Å². The summed E-state index contributed by atoms with van der Waals surface area (Å²) in [5.74, 6) is 0. The van der Waals surface area contributed by atoms with Crippen molar-refractivity contribution in [1.82, 2.24) is 4.90 Å². The molecule has 0 saturated carbocycles. The number of thiophene rings is 1. The third-order valence-corrected chi connectivity index (χ3v) is 4.60. The van der Waals surface area contributed by atoms with E-state index in [1.54, 1.807) is 4.90 Å². The predicted octanol–water partition coefficient (Wildman–Crippen LogP) is 4.01. The van der Waals surface area contributed by atoms with Gasteiger partial charge in [-0.1, -0.05) is 41.9 Å². The second-order valence-corrected chi connectivity index (χ2v) is 6.25. The lowest BCUT2D eigenvalue weighted by Gasteiger charge is -2.35. The van der Waals surface area contributed by atoms with Crippen molar-refractivity contribution >= 4 is 34.7 Å². The van der Waals surface area contributed by atoms with Gasteiger partial charge in [-0.05, 0) is 17.0 Å². The first-order valence-electron chi connectivity index (χ1n) is 6.69. The highest BCUT2D eigenvalue weighted by atomic mass is 35.5. The summed E-state index contributed by atoms with van der Waals surface area (Å²) in [5, 5.41) is 4.72. The van der Waals surface area contributed by atoms with E-state index in [0.29, 0.717) is 29.8 Å². The maximum absolute atomic E-state index is 12.5. The number of rotatable bonds is 2. The molecule has 2 aromatic rings. The first-order valence-corrected chi connectivity index (χ1v) is 7.95. The molecule has 1 fully saturated rings. The summed E-state index contributed by atoms with van der Waals surface area (Å²) in [6.45, 7) is 1.62. The van der Waals surface area contributed by atoms with Gasteiger partial charge >= 0.3 is 6.03 Å². The summed E-state index contributed by atoms with van der Waals surface area (Å²) in [6, 6.07) is 11.5. The molecule has 0 spiro atoms. The second-order valence-electron chi connectivity index (χ2n) is 4.73. The van der Waals surface area contributed by atoms with Crippen molar-refractivity contribution in [1.29, 1.82) is 0 Å². The molecule has 1 aromatic heterocycles. The number of anilines is 1. The van der Waals surface area contributed by atoms with Crippen molar-refractivity contribution in [2.45, 2.75) is 6.04 Å². The largest absolute Gasteiger partial charge is 0.377 e. The number of nitrogens with one attached hydrogen (secondary N) is 1. The molecule has 0 bridgehead atoms. The number of ether oxygens (including phenoxy) is 1. The van der Waals surface area contributed by atoms with Crippen LogP contribution in [0.15, 0.2) is 41.8 Å². The Morgan fingerprint density at radius 3 is 2.86 bits per heavy atom. The van der Waals surface area contributed by atoms with E-state index >= 15 is 0 Å². The Bertz CT molecular complexity index is 617. The molecule has 3 rings (SSSR count). The van der Waals surface area contributed by atoms with Gasteiger partial charge in [0.25, 0.3) is 0 Å². The van der Waals surface area contributed by atoms with Crippen LogP contribution in [0.3, 0.4) is 0 Å². The Morgan fingerprint density at radius 2 is 2.14 bits per heavy atom. The molecule has 110 valence electrons. The maximum atomic E-state index is 12.5. The van der Waals surface area contributed by atoms with Gasteiger partial charge in [-0.25, -0.2) is 4.79 Å². The van der Waals surface area contributed by atoms with Crippen LogP contribution in [0, 0.1) is 0 Å². The lowest BCUT2D eigenvalue weighted by molar-refractivity contribution is 0.0148. The molecule has 0 radical (unpaired) electrons. The highest BCUT2D eigenvalue weighted by Gasteiger charge is 2.28. The minimum atomic E-state index is -0.146. The van der Waals surface area contributed by atoms with E-state index in [4.69, 9.17) is 16.3 Å². The summed E-state index contributed by atoms with van der Waals surface area (Å²) in [7, 11) is 0. The number of amides is 2. The highest BCUT2D eigenvalue weighted by Crippen LogP contribution is 2.29. The molecule has 2 amide bonds. The van der Waals surface area contributed by atoms with E-state index in [1.165, 1.54) is 11.3 Å². The zero-order valence-corrected chi connectivity index (χ0v) is 12.9. The SMILES string of the molecule is O=C(Nc1ccsc1Cl)N1CCOC[C@@H]1c1ccccc1. The quantitative estimate of drug-likeness (QED) is 0.907. The average molecular weight is 323 g/mol. The molecule has 0 aliphatic carbocycles. The van der Waals surface area contributed by atoms with Gasteiger partial charge in [0.05, 0.1) is 24.9 Å². The van der Waals surface area contributed by atoms with Crippen molar-refractivity contribution in [3.63, 3.8) is 0 Å². The van der Waals surface area contributed by atoms with Crippen molar-refractivity contribution in [2.75, 3.05) is 25.1 Å². The van der Waals surface area contributed by atoms with E-state index in [-0.39, 0.29) is 12.1 Å². The molecule has 6 heteroatoms. The van der Waals surface area contributed by atoms with Crippen LogP contribution in [0.5, 0.6) is 0 Å². The zero-order valence-electron chi connectivity index (χ0n) is 11.3. The van der Waals surface area contributed by atoms with Crippen LogP contribution in [-0.4, -0.2) is 30.7 Å². The molecule has 1 atom stereocenters. The van der Waals surface area contributed by atoms with Crippen molar-refractivity contribution in [2.24, 2.45) is 0 Å². The van der Waals surface area contributed by atoms with Crippen LogP contribution in [0.1, 0.15) is 11.6 Å². The fraction of sp³-hybridized carbons (Fsp3) is 0.267. The minimum Gasteiger partial charge on any atom is -0.377 e. The number of carbonyl (C=O) groups excluding carboxylic acids is 1. The van der Waals surface area contributed by atoms with Gasteiger partial charge in [-0.3, -0.25) is 0 Å². The molecular weight excluding hydrogens is 308 g/mol.